The molecule has 1 aromatic carbocycles. The maximum Gasteiger partial charge on any atom is 0.408 e. The van der Waals surface area contributed by atoms with Crippen molar-refractivity contribution in [2.75, 3.05) is 54.6 Å². The number of Topliss-reactive ketones (excluding diaryl/α,β-unsaturated/α-hetero) is 1. The molecule has 0 saturated carbocycles. The molecule has 6 N–H and O–H groups in total. The van der Waals surface area contributed by atoms with E-state index in [0.29, 0.717) is 84.2 Å². The first-order valence-electron chi connectivity index (χ1n) is 28.3. The second-order valence-electron chi connectivity index (χ2n) is 21.9. The van der Waals surface area contributed by atoms with Gasteiger partial charge in [0.25, 0.3) is 12.4 Å². The number of ether oxygens (including phenoxy) is 4. The van der Waals surface area contributed by atoms with Gasteiger partial charge in [0.15, 0.2) is 11.9 Å². The lowest BCUT2D eigenvalue weighted by atomic mass is 9.92. The summed E-state index contributed by atoms with van der Waals surface area (Å²) in [6.07, 6.45) is 0.826. The number of carbonyl (C=O) groups is 9. The first-order valence-corrected chi connectivity index (χ1v) is 29.2. The molecule has 0 aliphatic carbocycles. The number of methoxy groups -OCH3 is 1. The Morgan fingerprint density at radius 1 is 0.802 bits per heavy atom. The molecule has 5 unspecified atom stereocenters. The Bertz CT molecular complexity index is 2310. The van der Waals surface area contributed by atoms with Gasteiger partial charge in [0, 0.05) is 70.5 Å². The number of benzene rings is 1. The van der Waals surface area contributed by atoms with Crippen molar-refractivity contribution in [3.05, 3.63) is 51.5 Å². The Balaban J connectivity index is 2.45. The van der Waals surface area contributed by atoms with Crippen LogP contribution < -0.4 is 31.9 Å². The van der Waals surface area contributed by atoms with Gasteiger partial charge in [-0.2, -0.15) is 0 Å². The van der Waals surface area contributed by atoms with E-state index in [4.69, 9.17) is 18.9 Å². The molecule has 0 fully saturated rings. The predicted molar refractivity (Wildman–Crippen MR) is 310 cm³/mol. The molecule has 0 bridgehead atoms. The van der Waals surface area contributed by atoms with Gasteiger partial charge in [-0.15, -0.1) is 11.3 Å². The standard InChI is InChI=1S/C58H95N9O13S/c1-16-38(6)50(65-56(75)58(10,11)66(12)13)55(74)67(14)46(36(3)4)33-48(54-64-45(34-81-54)53(73)62-43(31-39(7)79-35-68)32-42-25-23-37(5)24-26-42)80-57(76)61-41(9)51(71)60-40(8)52(72)63-44(21-18-19-27-59-49(70)17-2)47(69)22-20-28-78-30-29-77-15/h23-26,34-36,38-41,43-44,46,48,50H,16-22,27-33H2,1-15H3,(H,59,70)(H,60,71)(H,61,76)(H,62,73)(H,63,72)(H,65,75)/t38?,39?,40?,41?,43-,44?,46-,48-,50+/m1/s1. The third-order valence-electron chi connectivity index (χ3n) is 14.5. The third kappa shape index (κ3) is 24.9. The number of amides is 7. The van der Waals surface area contributed by atoms with Crippen LogP contribution in [0.1, 0.15) is 160 Å². The molecule has 456 valence electrons. The highest BCUT2D eigenvalue weighted by Gasteiger charge is 2.39. The van der Waals surface area contributed by atoms with Crippen LogP contribution in [0.15, 0.2) is 29.6 Å². The molecule has 23 heteroatoms. The van der Waals surface area contributed by atoms with Crippen molar-refractivity contribution in [2.24, 2.45) is 11.8 Å². The quantitative estimate of drug-likeness (QED) is 0.0364. The molecular weight excluding hydrogens is 1060 g/mol. The number of rotatable bonds is 39. The van der Waals surface area contributed by atoms with Crippen molar-refractivity contribution >= 4 is 65.1 Å². The fourth-order valence-electron chi connectivity index (χ4n) is 8.45. The zero-order valence-corrected chi connectivity index (χ0v) is 51.5. The average molecular weight is 1160 g/mol. The SMILES string of the molecule is CCC(=O)NCCCCC(NC(=O)C(C)NC(=O)C(C)NC(=O)O[C@H](C[C@H](C(C)C)N(C)C(=O)[C@@H](NC(=O)C(C)(C)N(C)C)C(C)CC)c1nc(C(=O)N[C@@H](Cc2ccc(C)cc2)CC(C)OC=O)cs1)C(=O)CCCOCCOC. The van der Waals surface area contributed by atoms with Crippen LogP contribution in [0.5, 0.6) is 0 Å². The summed E-state index contributed by atoms with van der Waals surface area (Å²) in [5, 5.41) is 18.5. The second kappa shape index (κ2) is 36.4. The van der Waals surface area contributed by atoms with Crippen molar-refractivity contribution in [3.63, 3.8) is 0 Å². The van der Waals surface area contributed by atoms with Gasteiger partial charge in [-0.05, 0) is 105 Å². The third-order valence-corrected chi connectivity index (χ3v) is 15.5. The van der Waals surface area contributed by atoms with E-state index in [-0.39, 0.29) is 58.9 Å². The monoisotopic (exact) mass is 1160 g/mol. The molecule has 1 aromatic heterocycles. The Kier molecular flexibility index (Phi) is 32.0. The molecule has 81 heavy (non-hydrogen) atoms. The molecule has 2 aromatic rings. The summed E-state index contributed by atoms with van der Waals surface area (Å²) in [7, 11) is 6.75. The van der Waals surface area contributed by atoms with E-state index < -0.39 is 77.8 Å². The summed E-state index contributed by atoms with van der Waals surface area (Å²) >= 11 is 1.06. The number of nitrogens with one attached hydrogen (secondary N) is 6. The molecule has 7 amide bonds. The molecule has 0 aliphatic rings. The number of hydrogen-bond acceptors (Lipinski definition) is 16. The first-order chi connectivity index (χ1) is 38.2. The summed E-state index contributed by atoms with van der Waals surface area (Å²) in [6.45, 7) is 21.3. The lowest BCUT2D eigenvalue weighted by Crippen LogP contribution is -2.60. The number of alkyl carbamates (subject to hydrolysis) is 1. The van der Waals surface area contributed by atoms with E-state index in [2.05, 4.69) is 36.9 Å². The number of aromatic nitrogens is 1. The highest BCUT2D eigenvalue weighted by Crippen LogP contribution is 2.31. The molecule has 9 atom stereocenters. The van der Waals surface area contributed by atoms with Crippen molar-refractivity contribution < 1.29 is 62.1 Å². The van der Waals surface area contributed by atoms with Crippen LogP contribution in [0.25, 0.3) is 0 Å². The van der Waals surface area contributed by atoms with Crippen molar-refractivity contribution in [2.45, 2.75) is 194 Å². The second-order valence-corrected chi connectivity index (χ2v) is 22.8. The molecular formula is C58H95N9O13S. The maximum absolute atomic E-state index is 14.6. The van der Waals surface area contributed by atoms with Crippen molar-refractivity contribution in [1.29, 1.82) is 0 Å². The summed E-state index contributed by atoms with van der Waals surface area (Å²) in [4.78, 5) is 128. The molecule has 0 radical (unpaired) electrons. The topological polar surface area (TPSA) is 282 Å². The van der Waals surface area contributed by atoms with E-state index in [1.54, 1.807) is 65.7 Å². The van der Waals surface area contributed by atoms with E-state index in [9.17, 15) is 43.2 Å². The summed E-state index contributed by atoms with van der Waals surface area (Å²) in [5.74, 6) is -3.41. The fraction of sp³-hybridized carbons (Fsp3) is 0.690. The van der Waals surface area contributed by atoms with Gasteiger partial charge in [0.05, 0.1) is 24.8 Å². The normalized spacial score (nSPS) is 14.9. The van der Waals surface area contributed by atoms with Crippen LogP contribution in [0.2, 0.25) is 0 Å². The summed E-state index contributed by atoms with van der Waals surface area (Å²) < 4.78 is 21.8. The average Bonchev–Trinajstić information content (AvgIpc) is 3.99. The number of unbranched alkanes of at least 4 members (excludes halogenated alkanes) is 1. The number of hydrogen-bond donors (Lipinski definition) is 6. The number of thiazole rings is 1. The summed E-state index contributed by atoms with van der Waals surface area (Å²) in [5.41, 5.74) is 1.10. The zero-order chi connectivity index (χ0) is 61.0. The van der Waals surface area contributed by atoms with Crippen LogP contribution >= 0.6 is 11.3 Å². The van der Waals surface area contributed by atoms with Gasteiger partial charge in [0.1, 0.15) is 34.9 Å². The van der Waals surface area contributed by atoms with Crippen LogP contribution in [-0.2, 0) is 58.9 Å². The number of nitrogens with zero attached hydrogens (tertiary/aromatic N) is 3. The number of carbonyl (C=O) groups excluding carboxylic acids is 9. The maximum atomic E-state index is 14.6. The summed E-state index contributed by atoms with van der Waals surface area (Å²) in [6, 6.07) is 2.56. The zero-order valence-electron chi connectivity index (χ0n) is 50.7. The van der Waals surface area contributed by atoms with Gasteiger partial charge in [-0.25, -0.2) is 9.78 Å². The van der Waals surface area contributed by atoms with Crippen molar-refractivity contribution in [1.82, 2.24) is 46.7 Å². The Morgan fingerprint density at radius 3 is 2.06 bits per heavy atom. The smallest absolute Gasteiger partial charge is 0.408 e. The van der Waals surface area contributed by atoms with E-state index in [0.717, 1.165) is 22.5 Å². The molecule has 0 aliphatic heterocycles. The number of aryl methyl sites for hydroxylation is 1. The minimum atomic E-state index is -1.26. The lowest BCUT2D eigenvalue weighted by Gasteiger charge is -2.38. The largest absolute Gasteiger partial charge is 0.465 e. The number of likely N-dealkylation sites (N-methyl/N-ethyl adjacent to an activating group) is 2. The van der Waals surface area contributed by atoms with Crippen LogP contribution in [-0.4, -0.2) is 171 Å². The number of ketones is 1. The highest BCUT2D eigenvalue weighted by atomic mass is 32.1. The van der Waals surface area contributed by atoms with Gasteiger partial charge >= 0.3 is 6.09 Å². The van der Waals surface area contributed by atoms with E-state index in [1.165, 1.54) is 19.2 Å². The molecule has 1 heterocycles. The van der Waals surface area contributed by atoms with Gasteiger partial charge in [-0.3, -0.25) is 43.3 Å². The van der Waals surface area contributed by atoms with Gasteiger partial charge in [-0.1, -0.05) is 70.9 Å². The van der Waals surface area contributed by atoms with Crippen LogP contribution in [0.3, 0.4) is 0 Å². The Morgan fingerprint density at radius 2 is 1.46 bits per heavy atom. The van der Waals surface area contributed by atoms with Gasteiger partial charge < -0.3 is 55.7 Å². The Labute approximate surface area is 484 Å². The van der Waals surface area contributed by atoms with Crippen LogP contribution in [0.4, 0.5) is 4.79 Å². The van der Waals surface area contributed by atoms with E-state index >= 15 is 0 Å². The van der Waals surface area contributed by atoms with E-state index in [1.807, 2.05) is 58.9 Å². The van der Waals surface area contributed by atoms with Crippen LogP contribution in [0, 0.1) is 18.8 Å². The predicted octanol–water partition coefficient (Wildman–Crippen LogP) is 5.34. The van der Waals surface area contributed by atoms with Crippen molar-refractivity contribution in [3.8, 4) is 0 Å². The van der Waals surface area contributed by atoms with Gasteiger partial charge in [0.2, 0.25) is 29.5 Å². The first kappa shape index (κ1) is 71.1. The lowest BCUT2D eigenvalue weighted by molar-refractivity contribution is -0.142. The minimum absolute atomic E-state index is 0.0191. The fourth-order valence-corrected chi connectivity index (χ4v) is 9.29. The minimum Gasteiger partial charge on any atom is -0.465 e. The molecule has 0 saturated heterocycles. The molecule has 2 rings (SSSR count). The highest BCUT2D eigenvalue weighted by molar-refractivity contribution is 7.09. The Hall–Kier alpha value is -6.04. The molecule has 22 nitrogen and oxygen atoms in total. The molecule has 0 spiro atoms.